The summed E-state index contributed by atoms with van der Waals surface area (Å²) in [5.41, 5.74) is 0. The van der Waals surface area contributed by atoms with Crippen molar-refractivity contribution < 1.29 is 14.7 Å². The van der Waals surface area contributed by atoms with E-state index < -0.39 is 11.9 Å². The first-order valence-corrected chi connectivity index (χ1v) is 8.19. The summed E-state index contributed by atoms with van der Waals surface area (Å²) in [5, 5.41) is 12.4. The van der Waals surface area contributed by atoms with Crippen LogP contribution >= 0.6 is 11.8 Å². The Bertz CT molecular complexity index is 353. The molecule has 1 saturated carbocycles. The van der Waals surface area contributed by atoms with Crippen molar-refractivity contribution >= 4 is 23.6 Å². The lowest BCUT2D eigenvalue weighted by Crippen LogP contribution is -2.49. The number of carboxylic acids is 1. The molecule has 5 heteroatoms. The second kappa shape index (κ2) is 6.16. The fraction of sp³-hybridized carbons (Fsp3) is 0.857. The van der Waals surface area contributed by atoms with Crippen LogP contribution in [0.3, 0.4) is 0 Å². The van der Waals surface area contributed by atoms with E-state index in [1.165, 1.54) is 0 Å². The van der Waals surface area contributed by atoms with Crippen molar-refractivity contribution in [2.24, 2.45) is 5.92 Å². The summed E-state index contributed by atoms with van der Waals surface area (Å²) in [6.07, 6.45) is 6.49. The molecule has 1 aliphatic carbocycles. The largest absolute Gasteiger partial charge is 0.481 e. The van der Waals surface area contributed by atoms with Crippen molar-refractivity contribution in [3.8, 4) is 0 Å². The molecule has 108 valence electrons. The highest BCUT2D eigenvalue weighted by molar-refractivity contribution is 8.01. The van der Waals surface area contributed by atoms with Crippen LogP contribution in [-0.2, 0) is 9.59 Å². The summed E-state index contributed by atoms with van der Waals surface area (Å²) in [5.74, 6) is -0.122. The molecule has 4 nitrogen and oxygen atoms in total. The number of carbonyl (C=O) groups excluding carboxylic acids is 1. The maximum atomic E-state index is 12.4. The summed E-state index contributed by atoms with van der Waals surface area (Å²) in [4.78, 5) is 23.7. The number of hydrogen-bond acceptors (Lipinski definition) is 3. The van der Waals surface area contributed by atoms with Crippen molar-refractivity contribution in [2.75, 3.05) is 5.75 Å². The van der Waals surface area contributed by atoms with Crippen LogP contribution < -0.4 is 5.32 Å². The quantitative estimate of drug-likeness (QED) is 0.782. The average Bonchev–Trinajstić information content (AvgIpc) is 2.68. The van der Waals surface area contributed by atoms with Gasteiger partial charge in [-0.3, -0.25) is 9.59 Å². The third kappa shape index (κ3) is 3.44. The molecular weight excluding hydrogens is 262 g/mol. The van der Waals surface area contributed by atoms with Crippen LogP contribution in [0.2, 0.25) is 0 Å². The van der Waals surface area contributed by atoms with Gasteiger partial charge in [-0.2, -0.15) is 0 Å². The third-order valence-electron chi connectivity index (χ3n) is 4.35. The number of aliphatic carboxylic acids is 1. The Labute approximate surface area is 118 Å². The highest BCUT2D eigenvalue weighted by Crippen LogP contribution is 2.38. The van der Waals surface area contributed by atoms with Gasteiger partial charge in [0, 0.05) is 6.04 Å². The average molecular weight is 285 g/mol. The Kier molecular flexibility index (Phi) is 4.76. The number of amides is 1. The van der Waals surface area contributed by atoms with Crippen LogP contribution in [-0.4, -0.2) is 33.5 Å². The molecule has 3 atom stereocenters. The van der Waals surface area contributed by atoms with Gasteiger partial charge < -0.3 is 10.4 Å². The summed E-state index contributed by atoms with van der Waals surface area (Å²) >= 11 is 1.70. The minimum atomic E-state index is -0.767. The van der Waals surface area contributed by atoms with Crippen LogP contribution in [0.5, 0.6) is 0 Å². The third-order valence-corrected chi connectivity index (χ3v) is 5.87. The lowest BCUT2D eigenvalue weighted by Gasteiger charge is -2.28. The standard InChI is InChI=1S/C14H23NO3S/c1-14(8-5-9-19-14)13(18)15-11-7-4-2-3-6-10(11)12(16)17/h10-11H,2-9H2,1H3,(H,15,18)(H,16,17). The van der Waals surface area contributed by atoms with Gasteiger partial charge in [-0.05, 0) is 38.4 Å². The van der Waals surface area contributed by atoms with Gasteiger partial charge in [0.1, 0.15) is 0 Å². The zero-order valence-corrected chi connectivity index (χ0v) is 12.3. The van der Waals surface area contributed by atoms with Gasteiger partial charge in [-0.25, -0.2) is 0 Å². The fourth-order valence-corrected chi connectivity index (χ4v) is 4.27. The number of thioether (sulfide) groups is 1. The maximum absolute atomic E-state index is 12.4. The van der Waals surface area contributed by atoms with Crippen LogP contribution in [0.1, 0.15) is 51.9 Å². The predicted octanol–water partition coefficient (Wildman–Crippen LogP) is 2.42. The van der Waals surface area contributed by atoms with Crippen molar-refractivity contribution in [2.45, 2.75) is 62.7 Å². The predicted molar refractivity (Wildman–Crippen MR) is 76.2 cm³/mol. The first-order valence-electron chi connectivity index (χ1n) is 7.21. The molecule has 0 radical (unpaired) electrons. The first-order chi connectivity index (χ1) is 9.03. The highest BCUT2D eigenvalue weighted by Gasteiger charge is 2.40. The molecule has 1 amide bonds. The summed E-state index contributed by atoms with van der Waals surface area (Å²) in [6.45, 7) is 1.98. The molecule has 1 heterocycles. The van der Waals surface area contributed by atoms with Crippen molar-refractivity contribution in [1.29, 1.82) is 0 Å². The van der Waals surface area contributed by atoms with Crippen molar-refractivity contribution in [1.82, 2.24) is 5.32 Å². The molecule has 2 fully saturated rings. The molecule has 0 aromatic rings. The van der Waals surface area contributed by atoms with E-state index in [0.29, 0.717) is 6.42 Å². The molecule has 1 saturated heterocycles. The van der Waals surface area contributed by atoms with Crippen molar-refractivity contribution in [3.05, 3.63) is 0 Å². The topological polar surface area (TPSA) is 66.4 Å². The monoisotopic (exact) mass is 285 g/mol. The van der Waals surface area contributed by atoms with Crippen LogP contribution in [0.15, 0.2) is 0 Å². The molecule has 0 spiro atoms. The molecule has 3 unspecified atom stereocenters. The van der Waals surface area contributed by atoms with Crippen LogP contribution in [0, 0.1) is 5.92 Å². The smallest absolute Gasteiger partial charge is 0.308 e. The van der Waals surface area contributed by atoms with Crippen LogP contribution in [0.25, 0.3) is 0 Å². The minimum absolute atomic E-state index is 0.0353. The Morgan fingerprint density at radius 3 is 2.58 bits per heavy atom. The number of carboxylic acid groups (broad SMARTS) is 1. The first kappa shape index (κ1) is 14.7. The van der Waals surface area contributed by atoms with Gasteiger partial charge in [0.2, 0.25) is 5.91 Å². The molecule has 2 aliphatic rings. The molecule has 0 aromatic heterocycles. The summed E-state index contributed by atoms with van der Waals surface area (Å²) < 4.78 is -0.352. The fourth-order valence-electron chi connectivity index (χ4n) is 3.06. The SMILES string of the molecule is CC1(C(=O)NC2CCCCCC2C(=O)O)CCCS1. The van der Waals surface area contributed by atoms with E-state index in [4.69, 9.17) is 0 Å². The van der Waals surface area contributed by atoms with E-state index in [-0.39, 0.29) is 16.7 Å². The van der Waals surface area contributed by atoms with E-state index in [0.717, 1.165) is 44.3 Å². The van der Waals surface area contributed by atoms with Crippen LogP contribution in [0.4, 0.5) is 0 Å². The molecule has 2 N–H and O–H groups in total. The van der Waals surface area contributed by atoms with Gasteiger partial charge >= 0.3 is 5.97 Å². The molecule has 0 aromatic carbocycles. The van der Waals surface area contributed by atoms with Gasteiger partial charge in [0.05, 0.1) is 10.7 Å². The van der Waals surface area contributed by atoms with E-state index >= 15 is 0 Å². The zero-order valence-electron chi connectivity index (χ0n) is 11.5. The van der Waals surface area contributed by atoms with E-state index in [2.05, 4.69) is 5.32 Å². The number of hydrogen-bond donors (Lipinski definition) is 2. The van der Waals surface area contributed by atoms with Crippen molar-refractivity contribution in [3.63, 3.8) is 0 Å². The Hall–Kier alpha value is -0.710. The van der Waals surface area contributed by atoms with E-state index in [1.807, 2.05) is 6.92 Å². The Balaban J connectivity index is 2.02. The number of rotatable bonds is 3. The number of nitrogens with one attached hydrogen (secondary N) is 1. The summed E-state index contributed by atoms with van der Waals surface area (Å²) in [6, 6.07) is -0.189. The molecule has 19 heavy (non-hydrogen) atoms. The normalized spacial score (nSPS) is 35.6. The molecule has 1 aliphatic heterocycles. The van der Waals surface area contributed by atoms with E-state index in [1.54, 1.807) is 11.8 Å². The van der Waals surface area contributed by atoms with Gasteiger partial charge in [0.15, 0.2) is 0 Å². The zero-order chi connectivity index (χ0) is 13.9. The second-order valence-corrected chi connectivity index (χ2v) is 7.44. The highest BCUT2D eigenvalue weighted by atomic mass is 32.2. The lowest BCUT2D eigenvalue weighted by atomic mass is 9.93. The second-order valence-electron chi connectivity index (χ2n) is 5.85. The Morgan fingerprint density at radius 2 is 1.95 bits per heavy atom. The van der Waals surface area contributed by atoms with Gasteiger partial charge in [-0.15, -0.1) is 11.8 Å². The minimum Gasteiger partial charge on any atom is -0.481 e. The summed E-state index contributed by atoms with van der Waals surface area (Å²) in [7, 11) is 0. The lowest BCUT2D eigenvalue weighted by molar-refractivity contribution is -0.143. The molecular formula is C14H23NO3S. The number of carbonyl (C=O) groups is 2. The van der Waals surface area contributed by atoms with E-state index in [9.17, 15) is 14.7 Å². The Morgan fingerprint density at radius 1 is 1.21 bits per heavy atom. The van der Waals surface area contributed by atoms with Gasteiger partial charge in [0.25, 0.3) is 0 Å². The van der Waals surface area contributed by atoms with Gasteiger partial charge in [-0.1, -0.05) is 19.3 Å². The molecule has 0 bridgehead atoms. The molecule has 2 rings (SSSR count). The maximum Gasteiger partial charge on any atom is 0.308 e.